The van der Waals surface area contributed by atoms with Gasteiger partial charge in [0, 0.05) is 6.54 Å². The maximum Gasteiger partial charge on any atom is 0.335 e. The number of allylic oxidation sites excluding steroid dienone is 1. The molecule has 7 rings (SSSR count). The van der Waals surface area contributed by atoms with Gasteiger partial charge in [-0.3, -0.25) is 4.79 Å². The lowest BCUT2D eigenvalue weighted by atomic mass is 9.36. The molecule has 1 amide bonds. The fraction of sp³-hybridized carbons (Fsp3) is 0.652. The van der Waals surface area contributed by atoms with E-state index in [9.17, 15) is 19.8 Å². The van der Waals surface area contributed by atoms with Crippen LogP contribution in [-0.4, -0.2) is 46.5 Å². The number of ether oxygens (including phenoxy) is 1. The molecule has 4 N–H and O–H groups in total. The van der Waals surface area contributed by atoms with Gasteiger partial charge in [-0.25, -0.2) is 4.79 Å². The summed E-state index contributed by atoms with van der Waals surface area (Å²) in [5.41, 5.74) is 3.22. The first-order chi connectivity index (χ1) is 25.1. The highest BCUT2D eigenvalue weighted by atomic mass is 16.5. The van der Waals surface area contributed by atoms with E-state index in [1.165, 1.54) is 43.4 Å². The molecule has 2 aromatic carbocycles. The number of aromatic carboxylic acids is 1. The molecule has 2 aromatic rings. The monoisotopic (exact) mass is 725 g/mol. The minimum Gasteiger partial charge on any atom is -0.491 e. The molecule has 5 saturated carbocycles. The summed E-state index contributed by atoms with van der Waals surface area (Å²) in [5.74, 6) is 3.01. The Balaban J connectivity index is 1.01. The summed E-state index contributed by atoms with van der Waals surface area (Å²) in [6.07, 6.45) is 10.6. The number of aliphatic hydroxyl groups excluding tert-OH is 2. The van der Waals surface area contributed by atoms with Crippen LogP contribution in [0.3, 0.4) is 0 Å². The molecular formula is C46H63NO6. The van der Waals surface area contributed by atoms with Crippen LogP contribution in [0.15, 0.2) is 60.7 Å². The molecule has 11 atom stereocenters. The molecule has 0 bridgehead atoms. The van der Waals surface area contributed by atoms with E-state index >= 15 is 0 Å². The van der Waals surface area contributed by atoms with Crippen molar-refractivity contribution in [2.75, 3.05) is 13.2 Å². The molecule has 7 heteroatoms. The van der Waals surface area contributed by atoms with Crippen LogP contribution in [0.25, 0.3) is 0 Å². The van der Waals surface area contributed by atoms with Crippen LogP contribution < -0.4 is 10.1 Å². The summed E-state index contributed by atoms with van der Waals surface area (Å²) in [6, 6.07) is 14.0. The third-order valence-corrected chi connectivity index (χ3v) is 16.2. The molecule has 0 spiro atoms. The standard InChI is InChI=1S/C46H63NO6/c1-28(2)33-16-23-46(42(52)47-25-20-29-8-7-9-32(26-29)53-27-36(48)30-10-12-31(13-11-30)41(50)51)24-17-35-34(40(33)46)14-15-38-44(35,5)21-18-37-43(3,4)39(49)19-22-45(37,38)6/h7-13,26,33-40,48-49H,1,14-25,27H2,2-6H3,(H,47,52)(H,50,51). The molecule has 0 aromatic heterocycles. The Hall–Kier alpha value is -3.16. The highest BCUT2D eigenvalue weighted by molar-refractivity contribution is 5.87. The van der Waals surface area contributed by atoms with E-state index < -0.39 is 12.1 Å². The number of hydrogen-bond donors (Lipinski definition) is 4. The van der Waals surface area contributed by atoms with E-state index in [0.717, 1.165) is 44.1 Å². The van der Waals surface area contributed by atoms with Crippen molar-refractivity contribution in [3.63, 3.8) is 0 Å². The van der Waals surface area contributed by atoms with Crippen molar-refractivity contribution in [2.24, 2.45) is 57.2 Å². The second kappa shape index (κ2) is 14.2. The first-order valence-electron chi connectivity index (χ1n) is 20.5. The average molecular weight is 726 g/mol. The first kappa shape index (κ1) is 38.1. The number of carbonyl (C=O) groups excluding carboxylic acids is 1. The molecule has 7 nitrogen and oxygen atoms in total. The van der Waals surface area contributed by atoms with Crippen molar-refractivity contribution < 1.29 is 29.6 Å². The van der Waals surface area contributed by atoms with Gasteiger partial charge in [0.15, 0.2) is 0 Å². The molecular weight excluding hydrogens is 663 g/mol. The fourth-order valence-corrected chi connectivity index (χ4v) is 13.6. The molecule has 5 fully saturated rings. The number of amides is 1. The Bertz CT molecular complexity index is 1700. The van der Waals surface area contributed by atoms with Gasteiger partial charge in [0.2, 0.25) is 5.91 Å². The van der Waals surface area contributed by atoms with Crippen molar-refractivity contribution >= 4 is 11.9 Å². The molecule has 288 valence electrons. The molecule has 0 aliphatic heterocycles. The van der Waals surface area contributed by atoms with Gasteiger partial charge in [-0.1, -0.05) is 64.1 Å². The smallest absolute Gasteiger partial charge is 0.335 e. The van der Waals surface area contributed by atoms with Crippen LogP contribution >= 0.6 is 0 Å². The van der Waals surface area contributed by atoms with Crippen LogP contribution in [0, 0.1) is 57.2 Å². The number of hydrogen-bond acceptors (Lipinski definition) is 5. The lowest BCUT2D eigenvalue weighted by molar-refractivity contribution is -0.216. The van der Waals surface area contributed by atoms with Crippen molar-refractivity contribution in [1.82, 2.24) is 5.32 Å². The zero-order valence-electron chi connectivity index (χ0n) is 32.7. The van der Waals surface area contributed by atoms with E-state index in [2.05, 4.69) is 46.5 Å². The summed E-state index contributed by atoms with van der Waals surface area (Å²) < 4.78 is 5.93. The number of rotatable bonds is 10. The van der Waals surface area contributed by atoms with Gasteiger partial charge in [0.05, 0.1) is 17.1 Å². The number of nitrogens with one attached hydrogen (secondary N) is 1. The summed E-state index contributed by atoms with van der Waals surface area (Å²) in [5, 5.41) is 34.3. The van der Waals surface area contributed by atoms with Gasteiger partial charge >= 0.3 is 5.97 Å². The van der Waals surface area contributed by atoms with E-state index in [1.54, 1.807) is 12.1 Å². The fourth-order valence-electron chi connectivity index (χ4n) is 13.6. The summed E-state index contributed by atoms with van der Waals surface area (Å²) >= 11 is 0. The van der Waals surface area contributed by atoms with Crippen molar-refractivity contribution in [3.05, 3.63) is 77.4 Å². The SMILES string of the molecule is C=C(C)C1CCC2(C(=O)NCCc3cccc(OCC(O)c4ccc(C(=O)O)cc4)c3)CCC3C(CCC4C3(C)CCC3C(C)(C)C(O)CCC34C)C12. The highest BCUT2D eigenvalue weighted by Gasteiger charge is 2.68. The number of carbonyl (C=O) groups is 2. The van der Waals surface area contributed by atoms with Crippen LogP contribution in [0.4, 0.5) is 0 Å². The normalized spacial score (nSPS) is 37.6. The number of benzene rings is 2. The van der Waals surface area contributed by atoms with Gasteiger partial charge in [0.1, 0.15) is 18.5 Å². The van der Waals surface area contributed by atoms with Crippen LogP contribution in [0.2, 0.25) is 0 Å². The molecule has 5 aliphatic carbocycles. The molecule has 0 heterocycles. The average Bonchev–Trinajstić information content (AvgIpc) is 3.54. The van der Waals surface area contributed by atoms with Crippen LogP contribution in [0.5, 0.6) is 5.75 Å². The van der Waals surface area contributed by atoms with E-state index in [0.29, 0.717) is 59.8 Å². The lowest BCUT2D eigenvalue weighted by Gasteiger charge is -2.69. The van der Waals surface area contributed by atoms with E-state index in [1.807, 2.05) is 24.3 Å². The molecule has 0 radical (unpaired) electrons. The van der Waals surface area contributed by atoms with E-state index in [-0.39, 0.29) is 45.8 Å². The van der Waals surface area contributed by atoms with Gasteiger partial charge in [-0.15, -0.1) is 0 Å². The zero-order valence-corrected chi connectivity index (χ0v) is 32.7. The van der Waals surface area contributed by atoms with Crippen molar-refractivity contribution in [1.29, 1.82) is 0 Å². The molecule has 11 unspecified atom stereocenters. The predicted molar refractivity (Wildman–Crippen MR) is 207 cm³/mol. The van der Waals surface area contributed by atoms with Gasteiger partial charge < -0.3 is 25.4 Å². The third kappa shape index (κ3) is 6.46. The highest BCUT2D eigenvalue weighted by Crippen LogP contribution is 2.73. The number of carboxylic acid groups (broad SMARTS) is 1. The van der Waals surface area contributed by atoms with Crippen molar-refractivity contribution in [3.8, 4) is 5.75 Å². The first-order valence-corrected chi connectivity index (χ1v) is 20.5. The molecule has 0 saturated heterocycles. The second-order valence-electron chi connectivity index (χ2n) is 19.0. The Labute approximate surface area is 317 Å². The maximum absolute atomic E-state index is 14.5. The lowest BCUT2D eigenvalue weighted by Crippen LogP contribution is -2.64. The summed E-state index contributed by atoms with van der Waals surface area (Å²) in [6.45, 7) is 17.1. The summed E-state index contributed by atoms with van der Waals surface area (Å²) in [7, 11) is 0. The second-order valence-corrected chi connectivity index (χ2v) is 19.0. The van der Waals surface area contributed by atoms with E-state index in [4.69, 9.17) is 9.84 Å². The maximum atomic E-state index is 14.5. The van der Waals surface area contributed by atoms with Gasteiger partial charge in [-0.2, -0.15) is 0 Å². The van der Waals surface area contributed by atoms with Gasteiger partial charge in [0.25, 0.3) is 0 Å². The zero-order chi connectivity index (χ0) is 37.9. The van der Waals surface area contributed by atoms with Gasteiger partial charge in [-0.05, 0) is 165 Å². The van der Waals surface area contributed by atoms with Crippen LogP contribution in [0.1, 0.15) is 126 Å². The predicted octanol–water partition coefficient (Wildman–Crippen LogP) is 8.78. The minimum atomic E-state index is -1.00. The number of carboxylic acids is 1. The third-order valence-electron chi connectivity index (χ3n) is 16.2. The Morgan fingerprint density at radius 2 is 1.62 bits per heavy atom. The number of fused-ring (bicyclic) bond motifs is 7. The van der Waals surface area contributed by atoms with Crippen LogP contribution in [-0.2, 0) is 11.2 Å². The number of aliphatic hydroxyl groups is 2. The molecule has 5 aliphatic rings. The van der Waals surface area contributed by atoms with Crippen molar-refractivity contribution in [2.45, 2.75) is 117 Å². The Kier molecular flexibility index (Phi) is 10.2. The topological polar surface area (TPSA) is 116 Å². The Morgan fingerprint density at radius 3 is 2.34 bits per heavy atom. The minimum absolute atomic E-state index is 0.0440. The summed E-state index contributed by atoms with van der Waals surface area (Å²) in [4.78, 5) is 25.7. The quantitative estimate of drug-likeness (QED) is 0.182. The largest absolute Gasteiger partial charge is 0.491 e. The molecule has 53 heavy (non-hydrogen) atoms. The Morgan fingerprint density at radius 1 is 0.906 bits per heavy atom.